The fourth-order valence-electron chi connectivity index (χ4n) is 0.414. The van der Waals surface area contributed by atoms with Gasteiger partial charge in [0.2, 0.25) is 0 Å². The Kier molecular flexibility index (Phi) is 4.49. The van der Waals surface area contributed by atoms with Crippen molar-refractivity contribution in [3.63, 3.8) is 0 Å². The minimum absolute atomic E-state index is 0.0356. The second-order valence-electron chi connectivity index (χ2n) is 1.82. The lowest BCUT2D eigenvalue weighted by atomic mass is 10.3. The standard InChI is InChI=1S/C6H10O4/c1-5(8)4-6(9)10-3-2-7/h7H,2-4H2,1H3. The molecular formula is C6H10O4. The van der Waals surface area contributed by atoms with Crippen molar-refractivity contribution in [2.45, 2.75) is 13.3 Å². The van der Waals surface area contributed by atoms with Gasteiger partial charge in [0.05, 0.1) is 6.61 Å². The van der Waals surface area contributed by atoms with E-state index in [0.717, 1.165) is 0 Å². The van der Waals surface area contributed by atoms with E-state index in [4.69, 9.17) is 5.11 Å². The molecule has 0 rings (SSSR count). The molecular weight excluding hydrogens is 136 g/mol. The van der Waals surface area contributed by atoms with Gasteiger partial charge in [-0.1, -0.05) is 0 Å². The van der Waals surface area contributed by atoms with Crippen molar-refractivity contribution in [2.24, 2.45) is 0 Å². The summed E-state index contributed by atoms with van der Waals surface area (Å²) in [7, 11) is 0. The quantitative estimate of drug-likeness (QED) is 0.429. The van der Waals surface area contributed by atoms with Crippen LogP contribution in [-0.2, 0) is 14.3 Å². The van der Waals surface area contributed by atoms with E-state index in [9.17, 15) is 9.59 Å². The predicted octanol–water partition coefficient (Wildman–Crippen LogP) is -0.499. The molecule has 0 saturated carbocycles. The number of hydrogen-bond donors (Lipinski definition) is 1. The van der Waals surface area contributed by atoms with Crippen LogP contribution in [0.25, 0.3) is 0 Å². The Hall–Kier alpha value is -0.900. The molecule has 0 aliphatic rings. The molecule has 0 unspecified atom stereocenters. The number of ketones is 1. The van der Waals surface area contributed by atoms with Gasteiger partial charge >= 0.3 is 5.97 Å². The van der Waals surface area contributed by atoms with Gasteiger partial charge in [-0.3, -0.25) is 9.59 Å². The zero-order valence-corrected chi connectivity index (χ0v) is 5.79. The summed E-state index contributed by atoms with van der Waals surface area (Å²) < 4.78 is 4.39. The molecule has 10 heavy (non-hydrogen) atoms. The van der Waals surface area contributed by atoms with Crippen molar-refractivity contribution >= 4 is 11.8 Å². The van der Waals surface area contributed by atoms with Gasteiger partial charge in [0.1, 0.15) is 18.8 Å². The summed E-state index contributed by atoms with van der Waals surface area (Å²) in [5.74, 6) is -0.815. The lowest BCUT2D eigenvalue weighted by molar-refractivity contribution is -0.146. The van der Waals surface area contributed by atoms with Gasteiger partial charge in [0.25, 0.3) is 0 Å². The van der Waals surface area contributed by atoms with Gasteiger partial charge in [-0.15, -0.1) is 0 Å². The predicted molar refractivity (Wildman–Crippen MR) is 33.3 cm³/mol. The Morgan fingerprint density at radius 2 is 2.10 bits per heavy atom. The number of ether oxygens (including phenoxy) is 1. The van der Waals surface area contributed by atoms with Crippen LogP contribution in [0.4, 0.5) is 0 Å². The molecule has 0 atom stereocenters. The molecule has 0 aromatic carbocycles. The van der Waals surface area contributed by atoms with Crippen molar-refractivity contribution < 1.29 is 19.4 Å². The molecule has 4 nitrogen and oxygen atoms in total. The van der Waals surface area contributed by atoms with Crippen LogP contribution in [0.2, 0.25) is 0 Å². The first kappa shape index (κ1) is 9.10. The van der Waals surface area contributed by atoms with Gasteiger partial charge in [0, 0.05) is 0 Å². The second-order valence-corrected chi connectivity index (χ2v) is 1.82. The number of esters is 1. The summed E-state index contributed by atoms with van der Waals surface area (Å²) in [5, 5.41) is 8.19. The first-order chi connectivity index (χ1) is 4.66. The minimum atomic E-state index is -0.582. The molecule has 0 bridgehead atoms. The third-order valence-electron chi connectivity index (χ3n) is 0.748. The van der Waals surface area contributed by atoms with Crippen molar-refractivity contribution in [1.29, 1.82) is 0 Å². The van der Waals surface area contributed by atoms with Crippen LogP contribution in [0, 0.1) is 0 Å². The monoisotopic (exact) mass is 146 g/mol. The van der Waals surface area contributed by atoms with E-state index in [-0.39, 0.29) is 25.4 Å². The molecule has 0 aliphatic heterocycles. The Morgan fingerprint density at radius 1 is 1.50 bits per heavy atom. The summed E-state index contributed by atoms with van der Waals surface area (Å²) in [6, 6.07) is 0. The normalized spacial score (nSPS) is 9.00. The zero-order valence-electron chi connectivity index (χ0n) is 5.79. The van der Waals surface area contributed by atoms with Crippen LogP contribution >= 0.6 is 0 Å². The summed E-state index contributed by atoms with van der Waals surface area (Å²) in [6.07, 6.45) is -0.208. The van der Waals surface area contributed by atoms with E-state index in [1.807, 2.05) is 0 Å². The van der Waals surface area contributed by atoms with Crippen LogP contribution < -0.4 is 0 Å². The fourth-order valence-corrected chi connectivity index (χ4v) is 0.414. The number of Topliss-reactive ketones (excluding diaryl/α,β-unsaturated/α-hetero) is 1. The van der Waals surface area contributed by atoms with Gasteiger partial charge in [-0.05, 0) is 6.92 Å². The first-order valence-electron chi connectivity index (χ1n) is 2.92. The Balaban J connectivity index is 3.35. The first-order valence-corrected chi connectivity index (χ1v) is 2.92. The van der Waals surface area contributed by atoms with Crippen LogP contribution in [0.1, 0.15) is 13.3 Å². The van der Waals surface area contributed by atoms with Crippen LogP contribution in [0.3, 0.4) is 0 Å². The summed E-state index contributed by atoms with van der Waals surface area (Å²) in [5.41, 5.74) is 0. The molecule has 0 saturated heterocycles. The lowest BCUT2D eigenvalue weighted by Crippen LogP contribution is -2.11. The fraction of sp³-hybridized carbons (Fsp3) is 0.667. The Bertz CT molecular complexity index is 130. The number of carbonyl (C=O) groups is 2. The molecule has 0 heterocycles. The largest absolute Gasteiger partial charge is 0.463 e. The summed E-state index contributed by atoms with van der Waals surface area (Å²) in [6.45, 7) is 1.07. The van der Waals surface area contributed by atoms with Crippen LogP contribution in [-0.4, -0.2) is 30.1 Å². The van der Waals surface area contributed by atoms with Crippen molar-refractivity contribution in [3.05, 3.63) is 0 Å². The summed E-state index contributed by atoms with van der Waals surface area (Å²) in [4.78, 5) is 20.7. The van der Waals surface area contributed by atoms with E-state index in [1.54, 1.807) is 0 Å². The van der Waals surface area contributed by atoms with Crippen LogP contribution in [0.5, 0.6) is 0 Å². The molecule has 0 aromatic rings. The molecule has 0 spiro atoms. The SMILES string of the molecule is CC(=O)CC(=O)OCCO. The molecule has 58 valence electrons. The topological polar surface area (TPSA) is 63.6 Å². The third-order valence-corrected chi connectivity index (χ3v) is 0.748. The maximum Gasteiger partial charge on any atom is 0.313 e. The molecule has 0 aromatic heterocycles. The average molecular weight is 146 g/mol. The molecule has 0 radical (unpaired) electrons. The highest BCUT2D eigenvalue weighted by molar-refractivity contribution is 5.94. The Morgan fingerprint density at radius 3 is 2.50 bits per heavy atom. The maximum atomic E-state index is 10.5. The van der Waals surface area contributed by atoms with Gasteiger partial charge in [0.15, 0.2) is 0 Å². The number of aliphatic hydroxyl groups is 1. The van der Waals surface area contributed by atoms with E-state index in [0.29, 0.717) is 0 Å². The van der Waals surface area contributed by atoms with E-state index in [1.165, 1.54) is 6.92 Å². The molecule has 4 heteroatoms. The van der Waals surface area contributed by atoms with E-state index in [2.05, 4.69) is 4.74 Å². The maximum absolute atomic E-state index is 10.5. The van der Waals surface area contributed by atoms with E-state index >= 15 is 0 Å². The van der Waals surface area contributed by atoms with Crippen LogP contribution in [0.15, 0.2) is 0 Å². The molecule has 0 fully saturated rings. The number of hydrogen-bond acceptors (Lipinski definition) is 4. The van der Waals surface area contributed by atoms with Gasteiger partial charge in [-0.25, -0.2) is 0 Å². The van der Waals surface area contributed by atoms with E-state index < -0.39 is 5.97 Å². The lowest BCUT2D eigenvalue weighted by Gasteiger charge is -1.98. The zero-order chi connectivity index (χ0) is 7.98. The highest BCUT2D eigenvalue weighted by Gasteiger charge is 2.04. The number of carbonyl (C=O) groups excluding carboxylic acids is 2. The molecule has 0 aliphatic carbocycles. The minimum Gasteiger partial charge on any atom is -0.463 e. The number of aliphatic hydroxyl groups excluding tert-OH is 1. The summed E-state index contributed by atoms with van der Waals surface area (Å²) >= 11 is 0. The highest BCUT2D eigenvalue weighted by atomic mass is 16.5. The van der Waals surface area contributed by atoms with Gasteiger partial charge in [-0.2, -0.15) is 0 Å². The smallest absolute Gasteiger partial charge is 0.313 e. The number of rotatable bonds is 4. The van der Waals surface area contributed by atoms with Crippen molar-refractivity contribution in [3.8, 4) is 0 Å². The average Bonchev–Trinajstić information content (AvgIpc) is 1.82. The third kappa shape index (κ3) is 5.24. The van der Waals surface area contributed by atoms with Gasteiger partial charge < -0.3 is 9.84 Å². The second kappa shape index (κ2) is 4.93. The molecule has 0 amide bonds. The van der Waals surface area contributed by atoms with Crippen molar-refractivity contribution in [2.75, 3.05) is 13.2 Å². The van der Waals surface area contributed by atoms with Crippen molar-refractivity contribution in [1.82, 2.24) is 0 Å². The highest BCUT2D eigenvalue weighted by Crippen LogP contribution is 1.86. The molecule has 1 N–H and O–H groups in total. The Labute approximate surface area is 58.8 Å².